The van der Waals surface area contributed by atoms with Gasteiger partial charge in [-0.05, 0) is 36.3 Å². The predicted octanol–water partition coefficient (Wildman–Crippen LogP) is 2.00. The first-order valence-corrected chi connectivity index (χ1v) is 5.47. The van der Waals surface area contributed by atoms with Crippen molar-refractivity contribution in [1.82, 2.24) is 4.90 Å². The van der Waals surface area contributed by atoms with Crippen molar-refractivity contribution in [2.75, 3.05) is 13.1 Å². The summed E-state index contributed by atoms with van der Waals surface area (Å²) in [6, 6.07) is 3.62. The van der Waals surface area contributed by atoms with Crippen LogP contribution in [0.3, 0.4) is 0 Å². The third-order valence-electron chi connectivity index (χ3n) is 2.86. The van der Waals surface area contributed by atoms with Crippen molar-refractivity contribution in [3.8, 4) is 0 Å². The van der Waals surface area contributed by atoms with Gasteiger partial charge in [-0.2, -0.15) is 0 Å². The van der Waals surface area contributed by atoms with Crippen LogP contribution in [-0.4, -0.2) is 23.1 Å². The molecule has 0 spiro atoms. The summed E-state index contributed by atoms with van der Waals surface area (Å²) >= 11 is 4.87. The third kappa shape index (κ3) is 2.29. The highest BCUT2D eigenvalue weighted by Gasteiger charge is 2.25. The van der Waals surface area contributed by atoms with E-state index >= 15 is 0 Å². The molecule has 1 fully saturated rings. The summed E-state index contributed by atoms with van der Waals surface area (Å²) in [4.78, 5) is 1.85. The molecule has 0 aliphatic carbocycles. The van der Waals surface area contributed by atoms with Crippen LogP contribution in [0.15, 0.2) is 18.2 Å². The number of halogens is 2. The van der Waals surface area contributed by atoms with Crippen LogP contribution in [0.1, 0.15) is 17.9 Å². The lowest BCUT2D eigenvalue weighted by molar-refractivity contribution is 0.512. The molecule has 1 aromatic rings. The topological polar surface area (TPSA) is 29.3 Å². The average Bonchev–Trinajstić information content (AvgIpc) is 2.64. The van der Waals surface area contributed by atoms with Crippen molar-refractivity contribution in [3.63, 3.8) is 0 Å². The van der Waals surface area contributed by atoms with Gasteiger partial charge >= 0.3 is 0 Å². The van der Waals surface area contributed by atoms with Crippen LogP contribution in [0.5, 0.6) is 0 Å². The van der Waals surface area contributed by atoms with E-state index < -0.39 is 11.6 Å². The van der Waals surface area contributed by atoms with Crippen LogP contribution in [-0.2, 0) is 0 Å². The summed E-state index contributed by atoms with van der Waals surface area (Å²) in [5, 5.41) is 0.347. The molecule has 5 heteroatoms. The highest BCUT2D eigenvalue weighted by Crippen LogP contribution is 2.27. The third-order valence-corrected chi connectivity index (χ3v) is 3.11. The first-order valence-electron chi connectivity index (χ1n) is 5.06. The van der Waals surface area contributed by atoms with Gasteiger partial charge in [-0.1, -0.05) is 0 Å². The van der Waals surface area contributed by atoms with Crippen LogP contribution in [0.4, 0.5) is 8.78 Å². The van der Waals surface area contributed by atoms with Crippen molar-refractivity contribution in [2.45, 2.75) is 12.3 Å². The normalized spacial score (nSPS) is 20.1. The zero-order valence-electron chi connectivity index (χ0n) is 8.62. The zero-order valence-corrected chi connectivity index (χ0v) is 9.44. The SMILES string of the molecule is NC(=S)N1CC[C@@H](c2cc(F)cc(F)c2)C1. The second-order valence-corrected chi connectivity index (χ2v) is 4.39. The van der Waals surface area contributed by atoms with Crippen molar-refractivity contribution in [1.29, 1.82) is 0 Å². The predicted molar refractivity (Wildman–Crippen MR) is 62.1 cm³/mol. The summed E-state index contributed by atoms with van der Waals surface area (Å²) in [6.07, 6.45) is 0.820. The number of nitrogens with zero attached hydrogens (tertiary/aromatic N) is 1. The largest absolute Gasteiger partial charge is 0.376 e. The Morgan fingerprint density at radius 3 is 2.44 bits per heavy atom. The Hall–Kier alpha value is -1.23. The van der Waals surface area contributed by atoms with Crippen LogP contribution >= 0.6 is 12.2 Å². The second-order valence-electron chi connectivity index (χ2n) is 3.97. The maximum Gasteiger partial charge on any atom is 0.166 e. The molecule has 1 aliphatic heterocycles. The summed E-state index contributed by atoms with van der Waals surface area (Å²) in [6.45, 7) is 1.39. The van der Waals surface area contributed by atoms with Crippen LogP contribution in [0, 0.1) is 11.6 Å². The quantitative estimate of drug-likeness (QED) is 0.764. The van der Waals surface area contributed by atoms with Gasteiger partial charge in [0.1, 0.15) is 11.6 Å². The lowest BCUT2D eigenvalue weighted by Gasteiger charge is -2.16. The molecule has 1 aromatic carbocycles. The number of hydrogen-bond acceptors (Lipinski definition) is 1. The lowest BCUT2D eigenvalue weighted by Crippen LogP contribution is -2.33. The van der Waals surface area contributed by atoms with Gasteiger partial charge in [-0.15, -0.1) is 0 Å². The molecule has 0 saturated carbocycles. The van der Waals surface area contributed by atoms with Gasteiger partial charge in [0.05, 0.1) is 0 Å². The van der Waals surface area contributed by atoms with Crippen molar-refractivity contribution in [2.24, 2.45) is 5.73 Å². The van der Waals surface area contributed by atoms with Gasteiger partial charge < -0.3 is 10.6 Å². The molecule has 1 heterocycles. The van der Waals surface area contributed by atoms with Crippen LogP contribution < -0.4 is 5.73 Å². The summed E-state index contributed by atoms with van der Waals surface area (Å²) < 4.78 is 26.1. The molecule has 1 aliphatic rings. The Balaban J connectivity index is 2.17. The Labute approximate surface area is 98.0 Å². The zero-order chi connectivity index (χ0) is 11.7. The molecule has 16 heavy (non-hydrogen) atoms. The molecule has 2 nitrogen and oxygen atoms in total. The maximum absolute atomic E-state index is 13.0. The van der Waals surface area contributed by atoms with Gasteiger partial charge in [0.2, 0.25) is 0 Å². The van der Waals surface area contributed by atoms with Gasteiger partial charge in [-0.25, -0.2) is 8.78 Å². The Kier molecular flexibility index (Phi) is 3.05. The number of likely N-dealkylation sites (tertiary alicyclic amines) is 1. The highest BCUT2D eigenvalue weighted by molar-refractivity contribution is 7.80. The molecule has 0 unspecified atom stereocenters. The van der Waals surface area contributed by atoms with E-state index in [0.29, 0.717) is 17.2 Å². The summed E-state index contributed by atoms with van der Waals surface area (Å²) in [7, 11) is 0. The Morgan fingerprint density at radius 2 is 1.94 bits per heavy atom. The van der Waals surface area contributed by atoms with Crippen molar-refractivity contribution in [3.05, 3.63) is 35.4 Å². The molecule has 0 aromatic heterocycles. The fourth-order valence-electron chi connectivity index (χ4n) is 2.04. The fourth-order valence-corrected chi connectivity index (χ4v) is 2.21. The van der Waals surface area contributed by atoms with E-state index in [4.69, 9.17) is 18.0 Å². The molecule has 1 atom stereocenters. The first kappa shape index (κ1) is 11.3. The van der Waals surface area contributed by atoms with Gasteiger partial charge in [0.25, 0.3) is 0 Å². The number of nitrogens with two attached hydrogens (primary N) is 1. The van der Waals surface area contributed by atoms with Gasteiger partial charge in [-0.3, -0.25) is 0 Å². The lowest BCUT2D eigenvalue weighted by atomic mass is 9.98. The second kappa shape index (κ2) is 4.33. The molecule has 0 amide bonds. The molecule has 1 saturated heterocycles. The Bertz CT molecular complexity index is 402. The number of rotatable bonds is 1. The van der Waals surface area contributed by atoms with E-state index in [1.54, 1.807) is 0 Å². The number of benzene rings is 1. The van der Waals surface area contributed by atoms with E-state index in [9.17, 15) is 8.78 Å². The van der Waals surface area contributed by atoms with Crippen molar-refractivity contribution < 1.29 is 8.78 Å². The monoisotopic (exact) mass is 242 g/mol. The molecular formula is C11H12F2N2S. The molecule has 2 rings (SSSR count). The summed E-state index contributed by atoms with van der Waals surface area (Å²) in [5.74, 6) is -0.973. The van der Waals surface area contributed by atoms with E-state index in [0.717, 1.165) is 19.0 Å². The first-order chi connectivity index (χ1) is 7.56. The summed E-state index contributed by atoms with van der Waals surface area (Å²) in [5.41, 5.74) is 6.18. The highest BCUT2D eigenvalue weighted by atomic mass is 32.1. The maximum atomic E-state index is 13.0. The average molecular weight is 242 g/mol. The molecular weight excluding hydrogens is 230 g/mol. The van der Waals surface area contributed by atoms with E-state index in [1.807, 2.05) is 4.90 Å². The smallest absolute Gasteiger partial charge is 0.166 e. The molecule has 86 valence electrons. The van der Waals surface area contributed by atoms with E-state index in [-0.39, 0.29) is 5.92 Å². The molecule has 0 bridgehead atoms. The number of hydrogen-bond donors (Lipinski definition) is 1. The molecule has 0 radical (unpaired) electrons. The van der Waals surface area contributed by atoms with E-state index in [2.05, 4.69) is 0 Å². The fraction of sp³-hybridized carbons (Fsp3) is 0.364. The standard InChI is InChI=1S/C11H12F2N2S/c12-9-3-8(4-10(13)5-9)7-1-2-15(6-7)11(14)16/h3-5,7H,1-2,6H2,(H2,14,16)/t7-/m1/s1. The minimum atomic E-state index is -0.538. The molecule has 2 N–H and O–H groups in total. The number of thiocarbonyl (C=S) groups is 1. The van der Waals surface area contributed by atoms with Gasteiger partial charge in [0, 0.05) is 25.1 Å². The Morgan fingerprint density at radius 1 is 1.31 bits per heavy atom. The van der Waals surface area contributed by atoms with Crippen LogP contribution in [0.25, 0.3) is 0 Å². The van der Waals surface area contributed by atoms with Crippen molar-refractivity contribution >= 4 is 17.3 Å². The van der Waals surface area contributed by atoms with Crippen LogP contribution in [0.2, 0.25) is 0 Å². The minimum Gasteiger partial charge on any atom is -0.376 e. The minimum absolute atomic E-state index is 0.103. The van der Waals surface area contributed by atoms with Gasteiger partial charge in [0.15, 0.2) is 5.11 Å². The van der Waals surface area contributed by atoms with E-state index in [1.165, 1.54) is 12.1 Å².